The number of ether oxygens (including phenoxy) is 1. The number of hydrogen-bond donors (Lipinski definition) is 1. The van der Waals surface area contributed by atoms with Crippen molar-refractivity contribution in [1.29, 1.82) is 0 Å². The van der Waals surface area contributed by atoms with Crippen LogP contribution < -0.4 is 9.46 Å². The molecule has 0 atom stereocenters. The molecule has 7 nitrogen and oxygen atoms in total. The largest absolute Gasteiger partial charge is 0.485 e. The van der Waals surface area contributed by atoms with E-state index < -0.39 is 16.1 Å². The number of urea groups is 1. The van der Waals surface area contributed by atoms with Crippen LogP contribution in [0, 0.1) is 20.8 Å². The van der Waals surface area contributed by atoms with Gasteiger partial charge in [-0.15, -0.1) is 0 Å². The van der Waals surface area contributed by atoms with Crippen molar-refractivity contribution in [1.82, 2.24) is 9.62 Å². The zero-order valence-corrected chi connectivity index (χ0v) is 16.9. The fourth-order valence-electron chi connectivity index (χ4n) is 2.81. The Morgan fingerprint density at radius 1 is 1.14 bits per heavy atom. The zero-order chi connectivity index (χ0) is 20.3. The highest BCUT2D eigenvalue weighted by Gasteiger charge is 2.28. The van der Waals surface area contributed by atoms with E-state index >= 15 is 0 Å². The number of carbonyl (C=O) groups excluding carboxylic acids is 1. The lowest BCUT2D eigenvalue weighted by Gasteiger charge is -2.20. The van der Waals surface area contributed by atoms with Gasteiger partial charge in [-0.3, -0.25) is 9.89 Å². The Kier molecular flexibility index (Phi) is 5.69. The SMILES string of the molecule is Cc1ccc(S(=O)(=O)NC(=O)N2CCN=C2COc2cccc(C)c2C)cc1. The number of hydrogen-bond acceptors (Lipinski definition) is 5. The first kappa shape index (κ1) is 19.9. The van der Waals surface area contributed by atoms with Crippen molar-refractivity contribution in [2.45, 2.75) is 25.7 Å². The number of amidine groups is 1. The van der Waals surface area contributed by atoms with Crippen LogP contribution in [0.15, 0.2) is 52.4 Å². The summed E-state index contributed by atoms with van der Waals surface area (Å²) in [6, 6.07) is 11.3. The molecular formula is C20H23N3O4S. The average Bonchev–Trinajstić information content (AvgIpc) is 3.12. The van der Waals surface area contributed by atoms with Gasteiger partial charge in [0.1, 0.15) is 18.2 Å². The number of amides is 2. The molecule has 0 saturated carbocycles. The first-order chi connectivity index (χ1) is 13.3. The molecule has 1 aliphatic heterocycles. The van der Waals surface area contributed by atoms with Crippen molar-refractivity contribution in [3.8, 4) is 5.75 Å². The lowest BCUT2D eigenvalue weighted by Crippen LogP contribution is -2.46. The van der Waals surface area contributed by atoms with Gasteiger partial charge in [0.05, 0.1) is 11.4 Å². The molecule has 28 heavy (non-hydrogen) atoms. The second-order valence-electron chi connectivity index (χ2n) is 6.66. The highest BCUT2D eigenvalue weighted by atomic mass is 32.2. The minimum Gasteiger partial charge on any atom is -0.485 e. The summed E-state index contributed by atoms with van der Waals surface area (Å²) in [5.41, 5.74) is 3.05. The van der Waals surface area contributed by atoms with Crippen molar-refractivity contribution in [3.63, 3.8) is 0 Å². The topological polar surface area (TPSA) is 88.1 Å². The molecule has 0 aromatic heterocycles. The number of sulfonamides is 1. The zero-order valence-electron chi connectivity index (χ0n) is 16.1. The maximum absolute atomic E-state index is 12.5. The third kappa shape index (κ3) is 4.33. The molecule has 0 fully saturated rings. The van der Waals surface area contributed by atoms with E-state index in [0.717, 1.165) is 16.7 Å². The van der Waals surface area contributed by atoms with E-state index in [1.165, 1.54) is 17.0 Å². The van der Waals surface area contributed by atoms with Crippen LogP contribution in [0.3, 0.4) is 0 Å². The van der Waals surface area contributed by atoms with Crippen LogP contribution in [0.25, 0.3) is 0 Å². The van der Waals surface area contributed by atoms with Gasteiger partial charge in [0.25, 0.3) is 10.0 Å². The highest BCUT2D eigenvalue weighted by molar-refractivity contribution is 7.90. The van der Waals surface area contributed by atoms with Gasteiger partial charge in [0.15, 0.2) is 0 Å². The predicted octanol–water partition coefficient (Wildman–Crippen LogP) is 2.80. The van der Waals surface area contributed by atoms with Gasteiger partial charge in [-0.1, -0.05) is 29.8 Å². The molecule has 8 heteroatoms. The second-order valence-corrected chi connectivity index (χ2v) is 8.34. The van der Waals surface area contributed by atoms with Crippen LogP contribution in [-0.2, 0) is 10.0 Å². The minimum absolute atomic E-state index is 0.0378. The molecule has 2 aromatic rings. The molecule has 1 N–H and O–H groups in total. The van der Waals surface area contributed by atoms with Crippen molar-refractivity contribution in [3.05, 3.63) is 59.2 Å². The second kappa shape index (κ2) is 8.02. The molecule has 0 spiro atoms. The molecule has 1 aliphatic rings. The fourth-order valence-corrected chi connectivity index (χ4v) is 3.76. The Balaban J connectivity index is 1.67. The van der Waals surface area contributed by atoms with E-state index in [2.05, 4.69) is 9.71 Å². The lowest BCUT2D eigenvalue weighted by molar-refractivity contribution is 0.226. The molecule has 1 heterocycles. The molecule has 0 saturated heterocycles. The lowest BCUT2D eigenvalue weighted by atomic mass is 10.1. The van der Waals surface area contributed by atoms with Crippen molar-refractivity contribution in [2.24, 2.45) is 4.99 Å². The van der Waals surface area contributed by atoms with Gasteiger partial charge in [0, 0.05) is 6.54 Å². The predicted molar refractivity (Wildman–Crippen MR) is 107 cm³/mol. The summed E-state index contributed by atoms with van der Waals surface area (Å²) in [7, 11) is -3.95. The summed E-state index contributed by atoms with van der Waals surface area (Å²) in [5, 5.41) is 0. The Bertz CT molecular complexity index is 1010. The van der Waals surface area contributed by atoms with Crippen molar-refractivity contribution < 1.29 is 17.9 Å². The van der Waals surface area contributed by atoms with Gasteiger partial charge in [-0.2, -0.15) is 0 Å². The van der Waals surface area contributed by atoms with E-state index in [-0.39, 0.29) is 11.5 Å². The smallest absolute Gasteiger partial charge is 0.336 e. The third-order valence-electron chi connectivity index (χ3n) is 4.64. The first-order valence-corrected chi connectivity index (χ1v) is 10.4. The number of rotatable bonds is 5. The van der Waals surface area contributed by atoms with E-state index in [1.54, 1.807) is 12.1 Å². The summed E-state index contributed by atoms with van der Waals surface area (Å²) >= 11 is 0. The molecular weight excluding hydrogens is 378 g/mol. The summed E-state index contributed by atoms with van der Waals surface area (Å²) in [6.45, 7) is 6.61. The molecule has 2 amide bonds. The summed E-state index contributed by atoms with van der Waals surface area (Å²) in [4.78, 5) is 18.2. The van der Waals surface area contributed by atoms with Crippen LogP contribution in [-0.4, -0.2) is 44.9 Å². The van der Waals surface area contributed by atoms with Crippen LogP contribution in [0.2, 0.25) is 0 Å². The highest BCUT2D eigenvalue weighted by Crippen LogP contribution is 2.21. The average molecular weight is 401 g/mol. The maximum Gasteiger partial charge on any atom is 0.336 e. The molecule has 3 rings (SSSR count). The number of nitrogens with zero attached hydrogens (tertiary/aromatic N) is 2. The number of nitrogens with one attached hydrogen (secondary N) is 1. The van der Waals surface area contributed by atoms with Crippen LogP contribution in [0.4, 0.5) is 4.79 Å². The standard InChI is InChI=1S/C20H23N3O4S/c1-14-7-9-17(10-8-14)28(25,26)22-20(24)23-12-11-21-19(23)13-27-18-6-4-5-15(2)16(18)3/h4-10H,11-13H2,1-3H3,(H,22,24). The summed E-state index contributed by atoms with van der Waals surface area (Å²) in [5.74, 6) is 1.11. The number of aryl methyl sites for hydroxylation is 2. The summed E-state index contributed by atoms with van der Waals surface area (Å²) in [6.07, 6.45) is 0. The van der Waals surface area contributed by atoms with E-state index in [9.17, 15) is 13.2 Å². The van der Waals surface area contributed by atoms with Crippen molar-refractivity contribution >= 4 is 21.9 Å². The van der Waals surface area contributed by atoms with Crippen LogP contribution in [0.1, 0.15) is 16.7 Å². The molecule has 0 bridgehead atoms. The van der Waals surface area contributed by atoms with Gasteiger partial charge in [0.2, 0.25) is 0 Å². The van der Waals surface area contributed by atoms with Crippen LogP contribution in [0.5, 0.6) is 5.75 Å². The number of carbonyl (C=O) groups is 1. The van der Waals surface area contributed by atoms with Gasteiger partial charge < -0.3 is 4.74 Å². The number of aliphatic imine (C=N–C) groups is 1. The fraction of sp³-hybridized carbons (Fsp3) is 0.300. The minimum atomic E-state index is -3.95. The van der Waals surface area contributed by atoms with Gasteiger partial charge in [-0.25, -0.2) is 17.9 Å². The van der Waals surface area contributed by atoms with E-state index in [4.69, 9.17) is 4.74 Å². The quantitative estimate of drug-likeness (QED) is 0.834. The molecule has 2 aromatic carbocycles. The Morgan fingerprint density at radius 3 is 2.57 bits per heavy atom. The Labute approximate surface area is 165 Å². The summed E-state index contributed by atoms with van der Waals surface area (Å²) < 4.78 is 32.8. The van der Waals surface area contributed by atoms with E-state index in [0.29, 0.717) is 24.7 Å². The van der Waals surface area contributed by atoms with Crippen molar-refractivity contribution in [2.75, 3.05) is 19.7 Å². The van der Waals surface area contributed by atoms with E-state index in [1.807, 2.05) is 39.0 Å². The third-order valence-corrected chi connectivity index (χ3v) is 5.98. The van der Waals surface area contributed by atoms with Crippen LogP contribution >= 0.6 is 0 Å². The monoisotopic (exact) mass is 401 g/mol. The molecule has 0 unspecified atom stereocenters. The van der Waals surface area contributed by atoms with Gasteiger partial charge in [-0.05, 0) is 50.1 Å². The molecule has 148 valence electrons. The number of benzene rings is 2. The maximum atomic E-state index is 12.5. The Hall–Kier alpha value is -2.87. The Morgan fingerprint density at radius 2 is 1.86 bits per heavy atom. The van der Waals surface area contributed by atoms with Gasteiger partial charge >= 0.3 is 6.03 Å². The molecule has 0 radical (unpaired) electrons. The first-order valence-electron chi connectivity index (χ1n) is 8.91. The normalized spacial score (nSPS) is 14.0. The molecule has 0 aliphatic carbocycles.